The smallest absolute Gasteiger partial charge is 0.240 e. The third-order valence-electron chi connectivity index (χ3n) is 4.28. The number of anilines is 1. The molecule has 6 nitrogen and oxygen atoms in total. The molecule has 0 radical (unpaired) electrons. The lowest BCUT2D eigenvalue weighted by atomic mass is 10.1. The first-order valence-corrected chi connectivity index (χ1v) is 11.6. The molecule has 0 heterocycles. The molecule has 7 heteroatoms. The van der Waals surface area contributed by atoms with Gasteiger partial charge in [-0.2, -0.15) is 0 Å². The molecule has 0 aliphatic rings. The lowest BCUT2D eigenvalue weighted by molar-refractivity contribution is -0.120. The zero-order chi connectivity index (χ0) is 21.4. The first kappa shape index (κ1) is 22.7. The zero-order valence-electron chi connectivity index (χ0n) is 17.5. The Morgan fingerprint density at radius 1 is 1.07 bits per heavy atom. The lowest BCUT2D eigenvalue weighted by Crippen LogP contribution is -2.43. The van der Waals surface area contributed by atoms with Crippen LogP contribution in [0.1, 0.15) is 32.8 Å². The molecule has 1 N–H and O–H groups in total. The molecule has 1 atom stereocenters. The molecule has 1 amide bonds. The Balaban J connectivity index is 2.02. The van der Waals surface area contributed by atoms with Gasteiger partial charge in [0, 0.05) is 12.1 Å². The van der Waals surface area contributed by atoms with Crippen LogP contribution in [0.15, 0.2) is 54.6 Å². The van der Waals surface area contributed by atoms with Gasteiger partial charge in [-0.25, -0.2) is 8.42 Å². The Morgan fingerprint density at radius 3 is 2.38 bits per heavy atom. The van der Waals surface area contributed by atoms with Gasteiger partial charge in [0.15, 0.2) is 0 Å². The van der Waals surface area contributed by atoms with E-state index >= 15 is 0 Å². The van der Waals surface area contributed by atoms with Crippen molar-refractivity contribution < 1.29 is 17.9 Å². The van der Waals surface area contributed by atoms with E-state index in [4.69, 9.17) is 4.74 Å². The highest BCUT2D eigenvalue weighted by Gasteiger charge is 2.22. The van der Waals surface area contributed by atoms with Crippen molar-refractivity contribution in [2.45, 2.75) is 45.8 Å². The molecule has 0 bridgehead atoms. The molecule has 0 saturated heterocycles. The van der Waals surface area contributed by atoms with E-state index in [-0.39, 0.29) is 24.6 Å². The van der Waals surface area contributed by atoms with Crippen LogP contribution in [-0.4, -0.2) is 39.3 Å². The molecule has 2 aromatic carbocycles. The van der Waals surface area contributed by atoms with E-state index in [0.717, 1.165) is 23.4 Å². The minimum absolute atomic E-state index is 0.0364. The first-order valence-electron chi connectivity index (χ1n) is 9.73. The second kappa shape index (κ2) is 10.3. The Labute approximate surface area is 173 Å². The van der Waals surface area contributed by atoms with Gasteiger partial charge in [0.2, 0.25) is 15.9 Å². The van der Waals surface area contributed by atoms with E-state index in [0.29, 0.717) is 11.4 Å². The fourth-order valence-corrected chi connectivity index (χ4v) is 3.78. The number of hydrogen-bond donors (Lipinski definition) is 1. The summed E-state index contributed by atoms with van der Waals surface area (Å²) in [5, 5.41) is 2.89. The second-order valence-electron chi connectivity index (χ2n) is 7.43. The van der Waals surface area contributed by atoms with Crippen molar-refractivity contribution in [3.05, 3.63) is 60.2 Å². The minimum Gasteiger partial charge on any atom is -0.491 e. The fourth-order valence-electron chi connectivity index (χ4n) is 2.94. The van der Waals surface area contributed by atoms with E-state index < -0.39 is 10.0 Å². The number of carbonyl (C=O) groups is 1. The van der Waals surface area contributed by atoms with Crippen LogP contribution in [-0.2, 0) is 21.2 Å². The van der Waals surface area contributed by atoms with Gasteiger partial charge in [-0.1, -0.05) is 36.4 Å². The summed E-state index contributed by atoms with van der Waals surface area (Å²) in [7, 11) is -3.63. The van der Waals surface area contributed by atoms with Crippen molar-refractivity contribution >= 4 is 21.6 Å². The molecule has 29 heavy (non-hydrogen) atoms. The van der Waals surface area contributed by atoms with Crippen molar-refractivity contribution in [1.82, 2.24) is 5.32 Å². The van der Waals surface area contributed by atoms with Gasteiger partial charge in [0.1, 0.15) is 12.3 Å². The highest BCUT2D eigenvalue weighted by molar-refractivity contribution is 7.92. The van der Waals surface area contributed by atoms with Crippen LogP contribution in [0.4, 0.5) is 5.69 Å². The van der Waals surface area contributed by atoms with Crippen molar-refractivity contribution in [1.29, 1.82) is 0 Å². The highest BCUT2D eigenvalue weighted by atomic mass is 32.2. The normalized spacial score (nSPS) is 12.4. The average Bonchev–Trinajstić information content (AvgIpc) is 2.64. The molecular formula is C22H30N2O4S. The van der Waals surface area contributed by atoms with Crippen LogP contribution in [0.2, 0.25) is 0 Å². The maximum atomic E-state index is 12.5. The molecule has 2 rings (SSSR count). The van der Waals surface area contributed by atoms with E-state index in [1.165, 1.54) is 5.56 Å². The number of sulfonamides is 1. The van der Waals surface area contributed by atoms with Gasteiger partial charge < -0.3 is 10.1 Å². The third-order valence-corrected chi connectivity index (χ3v) is 5.42. The lowest BCUT2D eigenvalue weighted by Gasteiger charge is -2.24. The summed E-state index contributed by atoms with van der Waals surface area (Å²) in [5.41, 5.74) is 1.60. The number of ether oxygens (including phenoxy) is 1. The standard InChI is InChI=1S/C22H30N2O4S/c1-17(2)28-21-12-8-11-20(15-21)24(29(4,26)27)16-22(25)23-18(3)13-14-19-9-6-5-7-10-19/h5-12,15,17-18H,13-14,16H2,1-4H3,(H,23,25)/t18-/m0/s1. The SMILES string of the molecule is CC(C)Oc1cccc(N(CC(=O)N[C@@H](C)CCc2ccccc2)S(C)(=O)=O)c1. The summed E-state index contributed by atoms with van der Waals surface area (Å²) in [4.78, 5) is 12.5. The molecule has 2 aromatic rings. The zero-order valence-corrected chi connectivity index (χ0v) is 18.3. The summed E-state index contributed by atoms with van der Waals surface area (Å²) in [6.07, 6.45) is 2.67. The third kappa shape index (κ3) is 7.77. The predicted octanol–water partition coefficient (Wildman–Crippen LogP) is 3.38. The first-order chi connectivity index (χ1) is 13.6. The van der Waals surface area contributed by atoms with Crippen LogP contribution in [0.3, 0.4) is 0 Å². The van der Waals surface area contributed by atoms with Crippen LogP contribution < -0.4 is 14.4 Å². The summed E-state index contributed by atoms with van der Waals surface area (Å²) >= 11 is 0. The van der Waals surface area contributed by atoms with E-state index in [1.54, 1.807) is 24.3 Å². The van der Waals surface area contributed by atoms with Gasteiger partial charge in [-0.05, 0) is 51.3 Å². The van der Waals surface area contributed by atoms with Crippen LogP contribution in [0, 0.1) is 0 Å². The topological polar surface area (TPSA) is 75.7 Å². The molecule has 0 aliphatic carbocycles. The Bertz CT molecular complexity index is 898. The molecule has 0 saturated carbocycles. The van der Waals surface area contributed by atoms with Crippen LogP contribution in [0.25, 0.3) is 0 Å². The number of benzene rings is 2. The molecular weight excluding hydrogens is 388 g/mol. The Morgan fingerprint density at radius 2 is 1.76 bits per heavy atom. The molecule has 158 valence electrons. The number of aryl methyl sites for hydroxylation is 1. The maximum Gasteiger partial charge on any atom is 0.240 e. The molecule has 0 fully saturated rings. The maximum absolute atomic E-state index is 12.5. The molecule has 0 aliphatic heterocycles. The number of nitrogens with one attached hydrogen (secondary N) is 1. The van der Waals surface area contributed by atoms with Crippen molar-refractivity contribution in [3.8, 4) is 5.75 Å². The molecule has 0 unspecified atom stereocenters. The van der Waals surface area contributed by atoms with E-state index in [1.807, 2.05) is 51.1 Å². The van der Waals surface area contributed by atoms with Gasteiger partial charge in [0.05, 0.1) is 18.0 Å². The number of carbonyl (C=O) groups excluding carboxylic acids is 1. The highest BCUT2D eigenvalue weighted by Crippen LogP contribution is 2.24. The average molecular weight is 419 g/mol. The van der Waals surface area contributed by atoms with Gasteiger partial charge in [0.25, 0.3) is 0 Å². The summed E-state index contributed by atoms with van der Waals surface area (Å²) in [6, 6.07) is 16.7. The second-order valence-corrected chi connectivity index (χ2v) is 9.33. The number of rotatable bonds is 10. The van der Waals surface area contributed by atoms with Crippen molar-refractivity contribution in [2.75, 3.05) is 17.1 Å². The monoisotopic (exact) mass is 418 g/mol. The Hall–Kier alpha value is -2.54. The van der Waals surface area contributed by atoms with Gasteiger partial charge >= 0.3 is 0 Å². The number of hydrogen-bond acceptors (Lipinski definition) is 4. The number of nitrogens with zero attached hydrogens (tertiary/aromatic N) is 1. The number of amides is 1. The van der Waals surface area contributed by atoms with Crippen molar-refractivity contribution in [3.63, 3.8) is 0 Å². The summed E-state index contributed by atoms with van der Waals surface area (Å²) in [5.74, 6) is 0.217. The summed E-state index contributed by atoms with van der Waals surface area (Å²) in [6.45, 7) is 5.43. The predicted molar refractivity (Wildman–Crippen MR) is 117 cm³/mol. The van der Waals surface area contributed by atoms with Crippen molar-refractivity contribution in [2.24, 2.45) is 0 Å². The quantitative estimate of drug-likeness (QED) is 0.642. The summed E-state index contributed by atoms with van der Waals surface area (Å²) < 4.78 is 31.3. The Kier molecular flexibility index (Phi) is 8.08. The van der Waals surface area contributed by atoms with Gasteiger partial charge in [-0.15, -0.1) is 0 Å². The van der Waals surface area contributed by atoms with Gasteiger partial charge in [-0.3, -0.25) is 9.10 Å². The fraction of sp³-hybridized carbons (Fsp3) is 0.409. The molecule has 0 aromatic heterocycles. The van der Waals surface area contributed by atoms with E-state index in [2.05, 4.69) is 5.32 Å². The van der Waals surface area contributed by atoms with E-state index in [9.17, 15) is 13.2 Å². The van der Waals surface area contributed by atoms with Crippen LogP contribution in [0.5, 0.6) is 5.75 Å². The minimum atomic E-state index is -3.63. The largest absolute Gasteiger partial charge is 0.491 e. The molecule has 0 spiro atoms. The van der Waals surface area contributed by atoms with Crippen LogP contribution >= 0.6 is 0 Å².